The van der Waals surface area contributed by atoms with Crippen molar-refractivity contribution in [3.05, 3.63) is 28.8 Å². The molecule has 2 heterocycles. The van der Waals surface area contributed by atoms with Crippen molar-refractivity contribution in [1.82, 2.24) is 19.7 Å². The van der Waals surface area contributed by atoms with Crippen LogP contribution in [0, 0.1) is 6.92 Å². The van der Waals surface area contributed by atoms with E-state index in [1.807, 2.05) is 27.0 Å². The van der Waals surface area contributed by atoms with Crippen LogP contribution < -0.4 is 0 Å². The number of hydrogen-bond acceptors (Lipinski definition) is 4. The van der Waals surface area contributed by atoms with Gasteiger partial charge >= 0.3 is 5.97 Å². The monoisotopic (exact) mass is 272 g/mol. The average Bonchev–Trinajstić information content (AvgIpc) is 2.70. The van der Waals surface area contributed by atoms with Crippen molar-refractivity contribution in [2.45, 2.75) is 32.6 Å². The van der Waals surface area contributed by atoms with E-state index >= 15 is 0 Å². The molecule has 0 bridgehead atoms. The first kappa shape index (κ1) is 12.8. The molecule has 1 aliphatic carbocycles. The summed E-state index contributed by atoms with van der Waals surface area (Å²) < 4.78 is 1.62. The minimum Gasteiger partial charge on any atom is -0.476 e. The van der Waals surface area contributed by atoms with Gasteiger partial charge in [0.15, 0.2) is 5.69 Å². The number of aromatic nitrogens is 4. The molecular formula is C14H16N4O2. The first-order valence-corrected chi connectivity index (χ1v) is 6.45. The van der Waals surface area contributed by atoms with Gasteiger partial charge in [-0.15, -0.1) is 0 Å². The SMILES string of the molecule is Cc1ncc2c(n1)-c1c(c(C(=O)O)nn1C)C(C)(C)C2. The van der Waals surface area contributed by atoms with Crippen molar-refractivity contribution in [1.29, 1.82) is 0 Å². The van der Waals surface area contributed by atoms with Gasteiger partial charge in [-0.25, -0.2) is 14.8 Å². The molecule has 2 aromatic rings. The van der Waals surface area contributed by atoms with Gasteiger partial charge in [0, 0.05) is 18.8 Å². The molecule has 104 valence electrons. The standard InChI is InChI=1S/C14H16N4O2/c1-7-15-6-8-5-14(2,3)9-11(13(19)20)17-18(4)12(9)10(8)16-7/h6H,5H2,1-4H3,(H,19,20). The molecule has 0 spiro atoms. The summed E-state index contributed by atoms with van der Waals surface area (Å²) in [6, 6.07) is 0. The lowest BCUT2D eigenvalue weighted by molar-refractivity contribution is 0.0686. The van der Waals surface area contributed by atoms with Gasteiger partial charge in [-0.2, -0.15) is 5.10 Å². The number of aromatic carboxylic acids is 1. The molecule has 0 amide bonds. The zero-order valence-electron chi connectivity index (χ0n) is 11.9. The van der Waals surface area contributed by atoms with Gasteiger partial charge in [-0.3, -0.25) is 4.68 Å². The Kier molecular flexibility index (Phi) is 2.48. The van der Waals surface area contributed by atoms with Crippen LogP contribution in [0.1, 0.15) is 41.3 Å². The predicted octanol–water partition coefficient (Wildman–Crippen LogP) is 1.72. The topological polar surface area (TPSA) is 80.9 Å². The lowest BCUT2D eigenvalue weighted by Gasteiger charge is -2.31. The number of fused-ring (bicyclic) bond motifs is 3. The Labute approximate surface area is 116 Å². The number of carboxylic acid groups (broad SMARTS) is 1. The Morgan fingerprint density at radius 1 is 1.45 bits per heavy atom. The van der Waals surface area contributed by atoms with E-state index in [0.29, 0.717) is 12.2 Å². The minimum absolute atomic E-state index is 0.120. The van der Waals surface area contributed by atoms with E-state index in [0.717, 1.165) is 22.5 Å². The highest BCUT2D eigenvalue weighted by atomic mass is 16.4. The normalized spacial score (nSPS) is 15.6. The molecule has 2 aromatic heterocycles. The molecule has 0 atom stereocenters. The Morgan fingerprint density at radius 2 is 2.15 bits per heavy atom. The van der Waals surface area contributed by atoms with Crippen LogP contribution in [-0.4, -0.2) is 30.8 Å². The number of carbonyl (C=O) groups is 1. The van der Waals surface area contributed by atoms with E-state index in [4.69, 9.17) is 0 Å². The number of carboxylic acids is 1. The first-order valence-electron chi connectivity index (χ1n) is 6.45. The molecule has 1 aliphatic rings. The quantitative estimate of drug-likeness (QED) is 0.854. The fraction of sp³-hybridized carbons (Fsp3) is 0.429. The third-order valence-electron chi connectivity index (χ3n) is 3.77. The van der Waals surface area contributed by atoms with E-state index in [1.165, 1.54) is 0 Å². The van der Waals surface area contributed by atoms with E-state index < -0.39 is 5.97 Å². The lowest BCUT2D eigenvalue weighted by atomic mass is 9.73. The summed E-state index contributed by atoms with van der Waals surface area (Å²) in [6.45, 7) is 5.89. The van der Waals surface area contributed by atoms with E-state index in [1.54, 1.807) is 11.7 Å². The highest BCUT2D eigenvalue weighted by Crippen LogP contribution is 2.43. The van der Waals surface area contributed by atoms with Crippen molar-refractivity contribution in [3.8, 4) is 11.4 Å². The molecule has 1 N–H and O–H groups in total. The summed E-state index contributed by atoms with van der Waals surface area (Å²) in [4.78, 5) is 20.2. The smallest absolute Gasteiger partial charge is 0.356 e. The maximum absolute atomic E-state index is 11.4. The lowest BCUT2D eigenvalue weighted by Crippen LogP contribution is -2.28. The highest BCUT2D eigenvalue weighted by Gasteiger charge is 2.39. The molecule has 20 heavy (non-hydrogen) atoms. The molecule has 0 aliphatic heterocycles. The number of rotatable bonds is 1. The van der Waals surface area contributed by atoms with Gasteiger partial charge in [0.2, 0.25) is 0 Å². The third-order valence-corrected chi connectivity index (χ3v) is 3.77. The van der Waals surface area contributed by atoms with Gasteiger partial charge in [0.25, 0.3) is 0 Å². The summed E-state index contributed by atoms with van der Waals surface area (Å²) in [6.07, 6.45) is 2.54. The predicted molar refractivity (Wildman–Crippen MR) is 72.7 cm³/mol. The highest BCUT2D eigenvalue weighted by molar-refractivity contribution is 5.91. The first-order chi connectivity index (χ1) is 9.31. The third kappa shape index (κ3) is 1.64. The molecular weight excluding hydrogens is 256 g/mol. The Morgan fingerprint density at radius 3 is 2.80 bits per heavy atom. The van der Waals surface area contributed by atoms with E-state index in [-0.39, 0.29) is 11.1 Å². The van der Waals surface area contributed by atoms with Gasteiger partial charge in [0.05, 0.1) is 11.4 Å². The summed E-state index contributed by atoms with van der Waals surface area (Å²) in [5.74, 6) is -0.323. The molecule has 3 rings (SSSR count). The second kappa shape index (κ2) is 3.88. The van der Waals surface area contributed by atoms with Crippen LogP contribution in [0.4, 0.5) is 0 Å². The molecule has 0 radical (unpaired) electrons. The maximum Gasteiger partial charge on any atom is 0.356 e. The van der Waals surface area contributed by atoms with Crippen LogP contribution in [0.25, 0.3) is 11.4 Å². The summed E-state index contributed by atoms with van der Waals surface area (Å²) in [5.41, 5.74) is 3.21. The fourth-order valence-corrected chi connectivity index (χ4v) is 2.98. The number of aryl methyl sites for hydroxylation is 2. The van der Waals surface area contributed by atoms with Crippen molar-refractivity contribution < 1.29 is 9.90 Å². The van der Waals surface area contributed by atoms with Crippen LogP contribution in [0.5, 0.6) is 0 Å². The zero-order chi connectivity index (χ0) is 14.7. The molecule has 0 fully saturated rings. The Hall–Kier alpha value is -2.24. The van der Waals surface area contributed by atoms with E-state index in [2.05, 4.69) is 15.1 Å². The van der Waals surface area contributed by atoms with Crippen molar-refractivity contribution in [2.24, 2.45) is 7.05 Å². The van der Waals surface area contributed by atoms with Gasteiger partial charge in [0.1, 0.15) is 5.82 Å². The Bertz CT molecular complexity index is 731. The largest absolute Gasteiger partial charge is 0.476 e. The maximum atomic E-state index is 11.4. The molecule has 0 saturated heterocycles. The number of nitrogens with zero attached hydrogens (tertiary/aromatic N) is 4. The van der Waals surface area contributed by atoms with Crippen LogP contribution in [0.15, 0.2) is 6.20 Å². The Balaban J connectivity index is 2.40. The summed E-state index contributed by atoms with van der Waals surface area (Å²) in [7, 11) is 1.76. The summed E-state index contributed by atoms with van der Waals surface area (Å²) >= 11 is 0. The molecule has 0 saturated carbocycles. The van der Waals surface area contributed by atoms with Crippen LogP contribution in [0.3, 0.4) is 0 Å². The number of hydrogen-bond donors (Lipinski definition) is 1. The van der Waals surface area contributed by atoms with E-state index in [9.17, 15) is 9.90 Å². The second-order valence-electron chi connectivity index (χ2n) is 5.85. The van der Waals surface area contributed by atoms with Crippen molar-refractivity contribution >= 4 is 5.97 Å². The van der Waals surface area contributed by atoms with Crippen LogP contribution >= 0.6 is 0 Å². The zero-order valence-corrected chi connectivity index (χ0v) is 11.9. The van der Waals surface area contributed by atoms with Crippen molar-refractivity contribution in [3.63, 3.8) is 0 Å². The fourth-order valence-electron chi connectivity index (χ4n) is 2.98. The second-order valence-corrected chi connectivity index (χ2v) is 5.85. The van der Waals surface area contributed by atoms with Crippen LogP contribution in [-0.2, 0) is 18.9 Å². The van der Waals surface area contributed by atoms with Crippen LogP contribution in [0.2, 0.25) is 0 Å². The molecule has 6 heteroatoms. The average molecular weight is 272 g/mol. The van der Waals surface area contributed by atoms with Gasteiger partial charge in [-0.05, 0) is 24.3 Å². The molecule has 6 nitrogen and oxygen atoms in total. The molecule has 0 unspecified atom stereocenters. The van der Waals surface area contributed by atoms with Gasteiger partial charge in [-0.1, -0.05) is 13.8 Å². The van der Waals surface area contributed by atoms with Gasteiger partial charge < -0.3 is 5.11 Å². The van der Waals surface area contributed by atoms with Crippen molar-refractivity contribution in [2.75, 3.05) is 0 Å². The summed E-state index contributed by atoms with van der Waals surface area (Å²) in [5, 5.41) is 13.6. The minimum atomic E-state index is -0.996. The molecule has 0 aromatic carbocycles.